The first-order valence-electron chi connectivity index (χ1n) is 8.09. The van der Waals surface area contributed by atoms with Gasteiger partial charge in [-0.3, -0.25) is 9.78 Å². The van der Waals surface area contributed by atoms with Crippen molar-refractivity contribution in [1.29, 1.82) is 0 Å². The molecule has 0 N–H and O–H groups in total. The number of carbonyl (C=O) groups is 1. The van der Waals surface area contributed by atoms with Crippen LogP contribution in [0.3, 0.4) is 0 Å². The van der Waals surface area contributed by atoms with Crippen LogP contribution in [0.1, 0.15) is 12.0 Å². The van der Waals surface area contributed by atoms with Gasteiger partial charge in [0.05, 0.1) is 13.0 Å². The first kappa shape index (κ1) is 16.2. The van der Waals surface area contributed by atoms with Crippen LogP contribution in [0.5, 0.6) is 5.75 Å². The summed E-state index contributed by atoms with van der Waals surface area (Å²) in [7, 11) is 3.88. The molecule has 1 fully saturated rings. The van der Waals surface area contributed by atoms with Crippen LogP contribution in [0.4, 0.5) is 5.82 Å². The number of likely N-dealkylation sites (tertiary alicyclic amines) is 1. The normalized spacial score (nSPS) is 16.9. The van der Waals surface area contributed by atoms with Gasteiger partial charge in [0.2, 0.25) is 5.91 Å². The molecule has 24 heavy (non-hydrogen) atoms. The molecule has 0 bridgehead atoms. The van der Waals surface area contributed by atoms with E-state index in [1.807, 2.05) is 48.2 Å². The van der Waals surface area contributed by atoms with Crippen molar-refractivity contribution in [3.05, 3.63) is 48.4 Å². The van der Waals surface area contributed by atoms with Crippen LogP contribution in [0.25, 0.3) is 0 Å². The lowest BCUT2D eigenvalue weighted by atomic mass is 10.2. The van der Waals surface area contributed by atoms with E-state index in [4.69, 9.17) is 4.74 Å². The van der Waals surface area contributed by atoms with Crippen molar-refractivity contribution in [3.63, 3.8) is 0 Å². The predicted octanol–water partition coefficient (Wildman–Crippen LogP) is 1.76. The maximum atomic E-state index is 12.4. The molecule has 3 heterocycles. The SMILES string of the molecule is CN(C)c1ncccc1O[C@H]1CCN(C(=O)Cc2ccncc2)C1. The second kappa shape index (κ2) is 7.29. The second-order valence-electron chi connectivity index (χ2n) is 6.12. The van der Waals surface area contributed by atoms with E-state index in [0.717, 1.165) is 30.1 Å². The molecule has 6 nitrogen and oxygen atoms in total. The van der Waals surface area contributed by atoms with E-state index in [9.17, 15) is 4.79 Å². The minimum atomic E-state index is 0.00860. The Bertz CT molecular complexity index is 690. The van der Waals surface area contributed by atoms with Crippen molar-refractivity contribution in [3.8, 4) is 5.75 Å². The van der Waals surface area contributed by atoms with Crippen LogP contribution in [0, 0.1) is 0 Å². The number of aromatic nitrogens is 2. The molecule has 0 aliphatic carbocycles. The molecule has 1 atom stereocenters. The number of carbonyl (C=O) groups excluding carboxylic acids is 1. The number of pyridine rings is 2. The van der Waals surface area contributed by atoms with Gasteiger partial charge >= 0.3 is 0 Å². The summed E-state index contributed by atoms with van der Waals surface area (Å²) in [6, 6.07) is 7.54. The van der Waals surface area contributed by atoms with Crippen molar-refractivity contribution < 1.29 is 9.53 Å². The number of hydrogen-bond donors (Lipinski definition) is 0. The van der Waals surface area contributed by atoms with Gasteiger partial charge in [-0.05, 0) is 29.8 Å². The second-order valence-corrected chi connectivity index (χ2v) is 6.12. The Labute approximate surface area is 142 Å². The van der Waals surface area contributed by atoms with Gasteiger partial charge in [-0.25, -0.2) is 4.98 Å². The van der Waals surface area contributed by atoms with Crippen LogP contribution >= 0.6 is 0 Å². The zero-order valence-electron chi connectivity index (χ0n) is 14.1. The summed E-state index contributed by atoms with van der Waals surface area (Å²) >= 11 is 0. The molecule has 1 aliphatic heterocycles. The fourth-order valence-electron chi connectivity index (χ4n) is 2.83. The van der Waals surface area contributed by atoms with Gasteiger partial charge in [0.25, 0.3) is 0 Å². The summed E-state index contributed by atoms with van der Waals surface area (Å²) in [6.45, 7) is 1.35. The smallest absolute Gasteiger partial charge is 0.227 e. The average Bonchev–Trinajstić information content (AvgIpc) is 3.05. The molecule has 0 spiro atoms. The van der Waals surface area contributed by atoms with Gasteiger partial charge < -0.3 is 14.5 Å². The third kappa shape index (κ3) is 3.82. The largest absolute Gasteiger partial charge is 0.485 e. The number of hydrogen-bond acceptors (Lipinski definition) is 5. The first-order valence-corrected chi connectivity index (χ1v) is 8.09. The van der Waals surface area contributed by atoms with Crippen molar-refractivity contribution in [2.75, 3.05) is 32.1 Å². The molecule has 3 rings (SSSR count). The summed E-state index contributed by atoms with van der Waals surface area (Å²) in [4.78, 5) is 24.5. The van der Waals surface area contributed by atoms with Gasteiger partial charge in [0, 0.05) is 45.7 Å². The minimum absolute atomic E-state index is 0.00860. The zero-order chi connectivity index (χ0) is 16.9. The lowest BCUT2D eigenvalue weighted by Gasteiger charge is -2.20. The van der Waals surface area contributed by atoms with Crippen molar-refractivity contribution >= 4 is 11.7 Å². The number of ether oxygens (including phenoxy) is 1. The lowest BCUT2D eigenvalue weighted by molar-refractivity contribution is -0.129. The summed E-state index contributed by atoms with van der Waals surface area (Å²) in [5.74, 6) is 1.70. The average molecular weight is 326 g/mol. The fraction of sp³-hybridized carbons (Fsp3) is 0.389. The minimum Gasteiger partial charge on any atom is -0.485 e. The molecule has 126 valence electrons. The topological polar surface area (TPSA) is 58.6 Å². The molecular formula is C18H22N4O2. The van der Waals surface area contributed by atoms with Crippen LogP contribution in [0.2, 0.25) is 0 Å². The quantitative estimate of drug-likeness (QED) is 0.838. The Hall–Kier alpha value is -2.63. The zero-order valence-corrected chi connectivity index (χ0v) is 14.1. The van der Waals surface area contributed by atoms with Crippen LogP contribution in [0.15, 0.2) is 42.9 Å². The molecule has 1 amide bonds. The number of rotatable bonds is 5. The lowest BCUT2D eigenvalue weighted by Crippen LogP contribution is -2.32. The van der Waals surface area contributed by atoms with Gasteiger partial charge in [-0.15, -0.1) is 0 Å². The number of anilines is 1. The number of nitrogens with zero attached hydrogens (tertiary/aromatic N) is 4. The summed E-state index contributed by atoms with van der Waals surface area (Å²) < 4.78 is 6.09. The van der Waals surface area contributed by atoms with Crippen LogP contribution in [-0.4, -0.2) is 54.1 Å². The Morgan fingerprint density at radius 1 is 1.29 bits per heavy atom. The van der Waals surface area contributed by atoms with E-state index in [-0.39, 0.29) is 12.0 Å². The van der Waals surface area contributed by atoms with E-state index in [1.165, 1.54) is 0 Å². The molecule has 1 saturated heterocycles. The highest BCUT2D eigenvalue weighted by molar-refractivity contribution is 5.79. The van der Waals surface area contributed by atoms with E-state index >= 15 is 0 Å². The molecule has 0 saturated carbocycles. The predicted molar refractivity (Wildman–Crippen MR) is 92.1 cm³/mol. The van der Waals surface area contributed by atoms with E-state index in [2.05, 4.69) is 9.97 Å². The molecule has 1 aliphatic rings. The molecule has 0 unspecified atom stereocenters. The molecule has 2 aromatic heterocycles. The molecule has 0 aromatic carbocycles. The Balaban J connectivity index is 1.59. The highest BCUT2D eigenvalue weighted by atomic mass is 16.5. The van der Waals surface area contributed by atoms with Crippen molar-refractivity contribution in [2.45, 2.75) is 18.9 Å². The van der Waals surface area contributed by atoms with E-state index < -0.39 is 0 Å². The highest BCUT2D eigenvalue weighted by Gasteiger charge is 2.28. The van der Waals surface area contributed by atoms with E-state index in [0.29, 0.717) is 13.0 Å². The molecule has 0 radical (unpaired) electrons. The monoisotopic (exact) mass is 326 g/mol. The third-order valence-electron chi connectivity index (χ3n) is 4.07. The molecule has 6 heteroatoms. The van der Waals surface area contributed by atoms with Crippen LogP contribution in [-0.2, 0) is 11.2 Å². The highest BCUT2D eigenvalue weighted by Crippen LogP contribution is 2.26. The Kier molecular flexibility index (Phi) is 4.93. The Morgan fingerprint density at radius 2 is 2.08 bits per heavy atom. The summed E-state index contributed by atoms with van der Waals surface area (Å²) in [5.41, 5.74) is 0.988. The fourth-order valence-corrected chi connectivity index (χ4v) is 2.83. The van der Waals surface area contributed by atoms with Gasteiger partial charge in [0.15, 0.2) is 11.6 Å². The van der Waals surface area contributed by atoms with Crippen LogP contribution < -0.4 is 9.64 Å². The van der Waals surface area contributed by atoms with Crippen molar-refractivity contribution in [1.82, 2.24) is 14.9 Å². The third-order valence-corrected chi connectivity index (χ3v) is 4.07. The van der Waals surface area contributed by atoms with Gasteiger partial charge in [0.1, 0.15) is 6.10 Å². The molecular weight excluding hydrogens is 304 g/mol. The van der Waals surface area contributed by atoms with E-state index in [1.54, 1.807) is 18.6 Å². The molecule has 2 aromatic rings. The maximum Gasteiger partial charge on any atom is 0.227 e. The Morgan fingerprint density at radius 3 is 2.83 bits per heavy atom. The summed E-state index contributed by atoms with van der Waals surface area (Å²) in [5, 5.41) is 0. The van der Waals surface area contributed by atoms with Gasteiger partial charge in [-0.2, -0.15) is 0 Å². The number of amides is 1. The van der Waals surface area contributed by atoms with Crippen molar-refractivity contribution in [2.24, 2.45) is 0 Å². The maximum absolute atomic E-state index is 12.4. The van der Waals surface area contributed by atoms with Gasteiger partial charge in [-0.1, -0.05) is 0 Å². The standard InChI is InChI=1S/C18H22N4O2/c1-21(2)18-16(4-3-8-20-18)24-15-7-11-22(13-15)17(23)12-14-5-9-19-10-6-14/h3-6,8-10,15H,7,11-13H2,1-2H3/t15-/m0/s1. The first-order chi connectivity index (χ1) is 11.6. The summed E-state index contributed by atoms with van der Waals surface area (Å²) in [6.07, 6.45) is 6.43.